The van der Waals surface area contributed by atoms with E-state index in [9.17, 15) is 18.3 Å². The number of hydrogen-bond acceptors (Lipinski definition) is 4. The van der Waals surface area contributed by atoms with E-state index in [1.807, 2.05) is 4.90 Å². The lowest BCUT2D eigenvalue weighted by molar-refractivity contribution is -0.138. The van der Waals surface area contributed by atoms with E-state index < -0.39 is 18.0 Å². The molecule has 0 bridgehead atoms. The van der Waals surface area contributed by atoms with E-state index in [4.69, 9.17) is 0 Å². The predicted molar refractivity (Wildman–Crippen MR) is 82.0 cm³/mol. The molecule has 0 saturated carbocycles. The van der Waals surface area contributed by atoms with Crippen LogP contribution in [0.5, 0.6) is 0 Å². The minimum atomic E-state index is -4.34. The molecule has 4 nitrogen and oxygen atoms in total. The van der Waals surface area contributed by atoms with Gasteiger partial charge in [0.15, 0.2) is 6.23 Å². The maximum atomic E-state index is 13.2. The van der Waals surface area contributed by atoms with Crippen LogP contribution in [-0.2, 0) is 6.18 Å². The summed E-state index contributed by atoms with van der Waals surface area (Å²) in [7, 11) is 0. The summed E-state index contributed by atoms with van der Waals surface area (Å²) >= 11 is 0. The van der Waals surface area contributed by atoms with Crippen molar-refractivity contribution in [2.75, 3.05) is 13.1 Å². The fourth-order valence-corrected chi connectivity index (χ4v) is 3.20. The number of benzene rings is 1. The first-order chi connectivity index (χ1) is 11.5. The predicted octanol–water partition coefficient (Wildman–Crippen LogP) is 3.37. The molecule has 0 aliphatic carbocycles. The molecule has 2 heterocycles. The molecule has 24 heavy (non-hydrogen) atoms. The molecule has 1 aliphatic rings. The Bertz CT molecular complexity index is 670. The number of aromatic nitrogens is 2. The van der Waals surface area contributed by atoms with E-state index in [0.29, 0.717) is 37.2 Å². The molecule has 1 N–H and O–H groups in total. The van der Waals surface area contributed by atoms with Gasteiger partial charge in [0.2, 0.25) is 0 Å². The third kappa shape index (κ3) is 3.57. The number of alkyl halides is 3. The number of nitrogens with zero attached hydrogens (tertiary/aromatic N) is 3. The van der Waals surface area contributed by atoms with Gasteiger partial charge in [-0.15, -0.1) is 0 Å². The molecule has 1 saturated heterocycles. The number of rotatable bonds is 3. The van der Waals surface area contributed by atoms with Crippen LogP contribution in [0.1, 0.15) is 41.8 Å². The van der Waals surface area contributed by atoms with Gasteiger partial charge in [-0.3, -0.25) is 4.90 Å². The molecular weight excluding hydrogens is 319 g/mol. The second-order valence-corrected chi connectivity index (χ2v) is 5.92. The van der Waals surface area contributed by atoms with Crippen LogP contribution in [0, 0.1) is 0 Å². The van der Waals surface area contributed by atoms with Crippen molar-refractivity contribution in [3.8, 4) is 0 Å². The summed E-state index contributed by atoms with van der Waals surface area (Å²) in [5.41, 5.74) is 0.239. The molecular formula is C17H18F3N3O. The van der Waals surface area contributed by atoms with Gasteiger partial charge in [-0.05, 0) is 42.5 Å². The van der Waals surface area contributed by atoms with E-state index in [1.165, 1.54) is 12.3 Å². The molecule has 0 spiro atoms. The lowest BCUT2D eigenvalue weighted by Crippen LogP contribution is -2.37. The third-order valence-electron chi connectivity index (χ3n) is 4.44. The van der Waals surface area contributed by atoms with Gasteiger partial charge in [0.05, 0.1) is 5.56 Å². The van der Waals surface area contributed by atoms with E-state index >= 15 is 0 Å². The fraction of sp³-hybridized carbons (Fsp3) is 0.412. The zero-order valence-electron chi connectivity index (χ0n) is 12.9. The van der Waals surface area contributed by atoms with Crippen LogP contribution in [0.25, 0.3) is 0 Å². The van der Waals surface area contributed by atoms with Crippen LogP contribution < -0.4 is 0 Å². The highest BCUT2D eigenvalue weighted by atomic mass is 19.4. The summed E-state index contributed by atoms with van der Waals surface area (Å²) in [5.74, 6) is -0.159. The van der Waals surface area contributed by atoms with Crippen LogP contribution in [0.3, 0.4) is 0 Å². The molecule has 1 aromatic carbocycles. The Balaban J connectivity index is 1.70. The zero-order chi connectivity index (χ0) is 17.2. The van der Waals surface area contributed by atoms with Crippen LogP contribution in [-0.4, -0.2) is 33.3 Å². The van der Waals surface area contributed by atoms with E-state index in [-0.39, 0.29) is 5.92 Å². The maximum absolute atomic E-state index is 13.2. The Labute approximate surface area is 137 Å². The van der Waals surface area contributed by atoms with Crippen LogP contribution in [0.2, 0.25) is 0 Å². The summed E-state index contributed by atoms with van der Waals surface area (Å²) in [4.78, 5) is 1.82. The van der Waals surface area contributed by atoms with Crippen molar-refractivity contribution in [1.29, 1.82) is 0 Å². The topological polar surface area (TPSA) is 49.3 Å². The van der Waals surface area contributed by atoms with Gasteiger partial charge in [-0.1, -0.05) is 18.2 Å². The van der Waals surface area contributed by atoms with Gasteiger partial charge >= 0.3 is 6.18 Å². The van der Waals surface area contributed by atoms with Crippen molar-refractivity contribution < 1.29 is 18.3 Å². The normalized spacial score (nSPS) is 18.5. The highest BCUT2D eigenvalue weighted by molar-refractivity contribution is 5.33. The molecule has 1 unspecified atom stereocenters. The van der Waals surface area contributed by atoms with Crippen LogP contribution in [0.15, 0.2) is 42.6 Å². The van der Waals surface area contributed by atoms with Crippen molar-refractivity contribution in [3.05, 3.63) is 59.4 Å². The van der Waals surface area contributed by atoms with Gasteiger partial charge in [-0.25, -0.2) is 0 Å². The lowest BCUT2D eigenvalue weighted by atomic mass is 9.86. The van der Waals surface area contributed by atoms with Gasteiger partial charge < -0.3 is 5.11 Å². The first kappa shape index (κ1) is 16.9. The van der Waals surface area contributed by atoms with Gasteiger partial charge in [-0.2, -0.15) is 23.4 Å². The van der Waals surface area contributed by atoms with E-state index in [0.717, 1.165) is 6.07 Å². The lowest BCUT2D eigenvalue weighted by Gasteiger charge is -2.35. The standard InChI is InChI=1S/C17H18F3N3O/c18-17(19,20)14-5-2-1-4-13(14)12-7-10-23(11-8-12)16(24)15-6-3-9-21-22-15/h1-6,9,12,16,24H,7-8,10-11H2. The van der Waals surface area contributed by atoms with Crippen LogP contribution in [0.4, 0.5) is 13.2 Å². The number of piperidine rings is 1. The molecule has 1 atom stereocenters. The number of aliphatic hydroxyl groups is 1. The SMILES string of the molecule is OC(c1cccnn1)N1CCC(c2ccccc2C(F)(F)F)CC1. The number of aliphatic hydroxyl groups excluding tert-OH is 1. The first-order valence-electron chi connectivity index (χ1n) is 7.82. The van der Waals surface area contributed by atoms with E-state index in [2.05, 4.69) is 10.2 Å². The van der Waals surface area contributed by atoms with Crippen molar-refractivity contribution in [3.63, 3.8) is 0 Å². The molecule has 0 amide bonds. The molecule has 128 valence electrons. The summed E-state index contributed by atoms with van der Waals surface area (Å²) in [6.45, 7) is 1.02. The summed E-state index contributed by atoms with van der Waals surface area (Å²) < 4.78 is 39.5. The largest absolute Gasteiger partial charge is 0.416 e. The van der Waals surface area contributed by atoms with Gasteiger partial charge in [0.1, 0.15) is 5.69 Å². The quantitative estimate of drug-likeness (QED) is 0.933. The second-order valence-electron chi connectivity index (χ2n) is 5.92. The first-order valence-corrected chi connectivity index (χ1v) is 7.82. The van der Waals surface area contributed by atoms with Gasteiger partial charge in [0.25, 0.3) is 0 Å². The minimum Gasteiger partial charge on any atom is -0.372 e. The minimum absolute atomic E-state index is 0.159. The number of likely N-dealkylation sites (tertiary alicyclic amines) is 1. The second kappa shape index (κ2) is 6.86. The fourth-order valence-electron chi connectivity index (χ4n) is 3.20. The van der Waals surface area contributed by atoms with Crippen molar-refractivity contribution in [2.45, 2.75) is 31.2 Å². The third-order valence-corrected chi connectivity index (χ3v) is 4.44. The maximum Gasteiger partial charge on any atom is 0.416 e. The highest BCUT2D eigenvalue weighted by Gasteiger charge is 2.36. The monoisotopic (exact) mass is 337 g/mol. The average molecular weight is 337 g/mol. The summed E-state index contributed by atoms with van der Waals surface area (Å²) in [6, 6.07) is 9.13. The molecule has 7 heteroatoms. The van der Waals surface area contributed by atoms with E-state index in [1.54, 1.807) is 24.3 Å². The Morgan fingerprint density at radius 3 is 2.42 bits per heavy atom. The molecule has 3 rings (SSSR count). The summed E-state index contributed by atoms with van der Waals surface area (Å²) in [5, 5.41) is 18.0. The van der Waals surface area contributed by atoms with Gasteiger partial charge in [0, 0.05) is 19.3 Å². The van der Waals surface area contributed by atoms with Crippen LogP contribution >= 0.6 is 0 Å². The number of halogens is 3. The Morgan fingerprint density at radius 1 is 1.08 bits per heavy atom. The molecule has 1 fully saturated rings. The number of hydrogen-bond donors (Lipinski definition) is 1. The molecule has 0 radical (unpaired) electrons. The highest BCUT2D eigenvalue weighted by Crippen LogP contribution is 2.39. The smallest absolute Gasteiger partial charge is 0.372 e. The average Bonchev–Trinajstić information content (AvgIpc) is 2.61. The molecule has 1 aromatic heterocycles. The molecule has 2 aromatic rings. The van der Waals surface area contributed by atoms with Crippen molar-refractivity contribution in [1.82, 2.24) is 15.1 Å². The molecule has 1 aliphatic heterocycles. The Morgan fingerprint density at radius 2 is 1.79 bits per heavy atom. The Kier molecular flexibility index (Phi) is 4.82. The van der Waals surface area contributed by atoms with Crippen molar-refractivity contribution >= 4 is 0 Å². The van der Waals surface area contributed by atoms with Crippen molar-refractivity contribution in [2.24, 2.45) is 0 Å². The Hall–Kier alpha value is -1.99. The zero-order valence-corrected chi connectivity index (χ0v) is 12.9. The summed E-state index contributed by atoms with van der Waals surface area (Å²) in [6.07, 6.45) is -2.57.